The highest BCUT2D eigenvalue weighted by molar-refractivity contribution is 6.29. The predicted octanol–water partition coefficient (Wildman–Crippen LogP) is 3.35. The van der Waals surface area contributed by atoms with E-state index in [0.717, 1.165) is 35.4 Å². The predicted molar refractivity (Wildman–Crippen MR) is 83.7 cm³/mol. The Bertz CT molecular complexity index is 759. The number of nitrogens with zero attached hydrogens (tertiary/aromatic N) is 2. The Balaban J connectivity index is 1.89. The van der Waals surface area contributed by atoms with Gasteiger partial charge < -0.3 is 10.1 Å². The molecule has 1 N–H and O–H groups in total. The van der Waals surface area contributed by atoms with Gasteiger partial charge in [-0.05, 0) is 30.5 Å². The summed E-state index contributed by atoms with van der Waals surface area (Å²) in [6.07, 6.45) is 6.49. The minimum absolute atomic E-state index is 0.0590. The monoisotopic (exact) mass is 315 g/mol. The number of hydrogen-bond donors (Lipinski definition) is 1. The molecular formula is C16H14ClN3O2. The number of halogens is 1. The number of benzene rings is 1. The summed E-state index contributed by atoms with van der Waals surface area (Å²) < 4.78 is 5.80. The molecule has 112 valence electrons. The van der Waals surface area contributed by atoms with Crippen LogP contribution in [0.4, 0.5) is 0 Å². The highest BCUT2D eigenvalue weighted by Gasteiger charge is 2.16. The highest BCUT2D eigenvalue weighted by atomic mass is 35.5. The molecule has 0 radical (unpaired) electrons. The molecule has 1 heterocycles. The topological polar surface area (TPSA) is 64.1 Å². The van der Waals surface area contributed by atoms with Crippen LogP contribution in [0.25, 0.3) is 6.08 Å². The van der Waals surface area contributed by atoms with Crippen molar-refractivity contribution in [3.05, 3.63) is 52.6 Å². The molecule has 0 saturated heterocycles. The number of ether oxygens (including phenoxy) is 1. The van der Waals surface area contributed by atoms with E-state index in [2.05, 4.69) is 15.3 Å². The molecule has 0 atom stereocenters. The first-order chi connectivity index (χ1) is 10.6. The Morgan fingerprint density at radius 1 is 1.32 bits per heavy atom. The zero-order valence-corrected chi connectivity index (χ0v) is 12.7. The average Bonchev–Trinajstić information content (AvgIpc) is 2.46. The van der Waals surface area contributed by atoms with Gasteiger partial charge in [0.15, 0.2) is 5.15 Å². The van der Waals surface area contributed by atoms with Gasteiger partial charge in [-0.2, -0.15) is 4.98 Å². The number of hydrogen-bond acceptors (Lipinski definition) is 4. The van der Waals surface area contributed by atoms with Gasteiger partial charge in [-0.15, -0.1) is 0 Å². The van der Waals surface area contributed by atoms with Crippen LogP contribution in [-0.2, 0) is 11.2 Å². The third-order valence-corrected chi connectivity index (χ3v) is 3.46. The fraction of sp³-hybridized carbons (Fsp3) is 0.188. The van der Waals surface area contributed by atoms with Gasteiger partial charge in [-0.3, -0.25) is 9.78 Å². The van der Waals surface area contributed by atoms with E-state index in [0.29, 0.717) is 5.88 Å². The molecule has 0 saturated carbocycles. The lowest BCUT2D eigenvalue weighted by molar-refractivity contribution is -0.118. The second-order valence-electron chi connectivity index (χ2n) is 4.96. The minimum atomic E-state index is -0.0590. The van der Waals surface area contributed by atoms with Crippen molar-refractivity contribution in [3.8, 4) is 11.6 Å². The summed E-state index contributed by atoms with van der Waals surface area (Å²) in [5.41, 5.74) is 3.03. The molecule has 1 aromatic carbocycles. The van der Waals surface area contributed by atoms with Crippen LogP contribution in [0.15, 0.2) is 36.3 Å². The lowest BCUT2D eigenvalue weighted by Gasteiger charge is -2.19. The van der Waals surface area contributed by atoms with Gasteiger partial charge in [0.1, 0.15) is 5.75 Å². The van der Waals surface area contributed by atoms with Crippen molar-refractivity contribution in [2.45, 2.75) is 19.8 Å². The highest BCUT2D eigenvalue weighted by Crippen LogP contribution is 2.32. The summed E-state index contributed by atoms with van der Waals surface area (Å²) in [7, 11) is 0. The molecule has 6 heteroatoms. The first-order valence-corrected chi connectivity index (χ1v) is 7.25. The Morgan fingerprint density at radius 3 is 2.95 bits per heavy atom. The number of rotatable bonds is 3. The fourth-order valence-electron chi connectivity index (χ4n) is 2.41. The van der Waals surface area contributed by atoms with Gasteiger partial charge in [-0.1, -0.05) is 23.7 Å². The molecule has 2 aromatic rings. The largest absolute Gasteiger partial charge is 0.437 e. The lowest BCUT2D eigenvalue weighted by atomic mass is 9.94. The summed E-state index contributed by atoms with van der Waals surface area (Å²) >= 11 is 5.82. The lowest BCUT2D eigenvalue weighted by Crippen LogP contribution is -2.21. The van der Waals surface area contributed by atoms with E-state index in [9.17, 15) is 4.79 Å². The molecule has 1 aromatic heterocycles. The molecular weight excluding hydrogens is 302 g/mol. The van der Waals surface area contributed by atoms with Crippen LogP contribution in [0.5, 0.6) is 11.6 Å². The van der Waals surface area contributed by atoms with Gasteiger partial charge in [0.2, 0.25) is 11.8 Å². The van der Waals surface area contributed by atoms with E-state index in [1.165, 1.54) is 19.3 Å². The van der Waals surface area contributed by atoms with E-state index in [-0.39, 0.29) is 11.1 Å². The van der Waals surface area contributed by atoms with Gasteiger partial charge in [-0.25, -0.2) is 0 Å². The van der Waals surface area contributed by atoms with Crippen LogP contribution in [0.1, 0.15) is 24.5 Å². The molecule has 1 aliphatic carbocycles. The van der Waals surface area contributed by atoms with Crippen molar-refractivity contribution in [2.75, 3.05) is 0 Å². The van der Waals surface area contributed by atoms with E-state index >= 15 is 0 Å². The maximum atomic E-state index is 11.2. The number of amides is 1. The van der Waals surface area contributed by atoms with Gasteiger partial charge >= 0.3 is 0 Å². The molecule has 0 spiro atoms. The van der Waals surface area contributed by atoms with Crippen LogP contribution in [0, 0.1) is 0 Å². The normalized spacial score (nSPS) is 13.1. The zero-order valence-electron chi connectivity index (χ0n) is 12.0. The Kier molecular flexibility index (Phi) is 4.06. The van der Waals surface area contributed by atoms with Crippen LogP contribution < -0.4 is 10.1 Å². The molecule has 0 fully saturated rings. The second kappa shape index (κ2) is 6.15. The van der Waals surface area contributed by atoms with E-state index in [4.69, 9.17) is 16.3 Å². The molecule has 0 unspecified atom stereocenters. The van der Waals surface area contributed by atoms with Gasteiger partial charge in [0.25, 0.3) is 0 Å². The smallest absolute Gasteiger partial charge is 0.239 e. The molecule has 5 nitrogen and oxygen atoms in total. The maximum Gasteiger partial charge on any atom is 0.239 e. The van der Waals surface area contributed by atoms with Gasteiger partial charge in [0.05, 0.1) is 12.4 Å². The van der Waals surface area contributed by atoms with Crippen molar-refractivity contribution < 1.29 is 9.53 Å². The average molecular weight is 316 g/mol. The number of nitrogens with one attached hydrogen (secondary N) is 1. The quantitative estimate of drug-likeness (QED) is 0.943. The summed E-state index contributed by atoms with van der Waals surface area (Å²) in [5, 5.41) is 3.13. The van der Waals surface area contributed by atoms with Crippen LogP contribution in [-0.4, -0.2) is 15.9 Å². The minimum Gasteiger partial charge on any atom is -0.437 e. The van der Waals surface area contributed by atoms with Gasteiger partial charge in [0, 0.05) is 18.2 Å². The third kappa shape index (κ3) is 3.26. The number of carbonyl (C=O) groups is 1. The van der Waals surface area contributed by atoms with Crippen molar-refractivity contribution >= 4 is 23.6 Å². The summed E-state index contributed by atoms with van der Waals surface area (Å²) in [6, 6.07) is 5.78. The first kappa shape index (κ1) is 14.5. The zero-order chi connectivity index (χ0) is 15.5. The van der Waals surface area contributed by atoms with Crippen LogP contribution >= 0.6 is 11.6 Å². The van der Waals surface area contributed by atoms with E-state index < -0.39 is 0 Å². The molecule has 1 amide bonds. The summed E-state index contributed by atoms with van der Waals surface area (Å²) in [4.78, 5) is 19.2. The summed E-state index contributed by atoms with van der Waals surface area (Å²) in [6.45, 7) is 1.51. The standard InChI is InChI=1S/C16H14ClN3O2/c1-10(21)19-12-5-6-13-11(7-12)3-2-4-14(13)22-16-9-18-8-15(17)20-16/h2-4,7-9H,5-6H2,1H3,(H,19,21). The second-order valence-corrected chi connectivity index (χ2v) is 5.34. The van der Waals surface area contributed by atoms with Crippen LogP contribution in [0.2, 0.25) is 5.15 Å². The Labute approximate surface area is 133 Å². The number of allylic oxidation sites excluding steroid dienone is 1. The molecule has 22 heavy (non-hydrogen) atoms. The summed E-state index contributed by atoms with van der Waals surface area (Å²) in [5.74, 6) is 1.03. The van der Waals surface area contributed by atoms with Crippen molar-refractivity contribution in [1.29, 1.82) is 0 Å². The molecule has 0 aliphatic heterocycles. The Hall–Kier alpha value is -2.40. The molecule has 3 rings (SSSR count). The van der Waals surface area contributed by atoms with Crippen molar-refractivity contribution in [2.24, 2.45) is 0 Å². The third-order valence-electron chi connectivity index (χ3n) is 3.28. The molecule has 0 bridgehead atoms. The maximum absolute atomic E-state index is 11.2. The SMILES string of the molecule is CC(=O)NC1=Cc2cccc(Oc3cncc(Cl)n3)c2CC1. The number of carbonyl (C=O) groups excluding carboxylic acids is 1. The van der Waals surface area contributed by atoms with Crippen molar-refractivity contribution in [3.63, 3.8) is 0 Å². The first-order valence-electron chi connectivity index (χ1n) is 6.87. The van der Waals surface area contributed by atoms with E-state index in [1.807, 2.05) is 24.3 Å². The molecule has 1 aliphatic rings. The Morgan fingerprint density at radius 2 is 2.18 bits per heavy atom. The number of aromatic nitrogens is 2. The van der Waals surface area contributed by atoms with E-state index in [1.54, 1.807) is 0 Å². The number of fused-ring (bicyclic) bond motifs is 1. The van der Waals surface area contributed by atoms with Crippen molar-refractivity contribution in [1.82, 2.24) is 15.3 Å². The van der Waals surface area contributed by atoms with Crippen LogP contribution in [0.3, 0.4) is 0 Å². The fourth-order valence-corrected chi connectivity index (χ4v) is 2.55.